The molecule has 2 heteroatoms. The van der Waals surface area contributed by atoms with Crippen molar-refractivity contribution < 1.29 is 9.90 Å². The number of aliphatic hydroxyl groups excluding tert-OH is 1. The molecule has 118 valence electrons. The summed E-state index contributed by atoms with van der Waals surface area (Å²) in [6, 6.07) is 0. The average Bonchev–Trinajstić information content (AvgIpc) is 2.58. The van der Waals surface area contributed by atoms with Crippen LogP contribution in [0, 0.1) is 28.6 Å². The molecule has 2 saturated carbocycles. The smallest absolute Gasteiger partial charge is 0.145 e. The number of carbonyl (C=O) groups is 1. The summed E-state index contributed by atoms with van der Waals surface area (Å²) in [5.41, 5.74) is 1.57. The first-order valence-corrected chi connectivity index (χ1v) is 8.71. The van der Waals surface area contributed by atoms with Gasteiger partial charge in [-0.3, -0.25) is 4.79 Å². The van der Waals surface area contributed by atoms with Gasteiger partial charge in [0.15, 0.2) is 0 Å². The number of hydrogen-bond donors (Lipinski definition) is 1. The molecule has 0 saturated heterocycles. The van der Waals surface area contributed by atoms with E-state index in [4.69, 9.17) is 0 Å². The molecule has 0 bridgehead atoms. The first kappa shape index (κ1) is 15.3. The highest BCUT2D eigenvalue weighted by atomic mass is 16.3. The van der Waals surface area contributed by atoms with Gasteiger partial charge < -0.3 is 5.11 Å². The van der Waals surface area contributed by atoms with Crippen molar-refractivity contribution >= 4 is 6.29 Å². The molecule has 3 unspecified atom stereocenters. The number of fused-ring (bicyclic) bond motifs is 3. The van der Waals surface area contributed by atoms with E-state index in [9.17, 15) is 9.90 Å². The van der Waals surface area contributed by atoms with E-state index in [-0.39, 0.29) is 6.10 Å². The average molecular weight is 290 g/mol. The third-order valence-corrected chi connectivity index (χ3v) is 7.15. The minimum absolute atomic E-state index is 0.322. The molecular weight excluding hydrogens is 260 g/mol. The van der Waals surface area contributed by atoms with E-state index in [1.54, 1.807) is 0 Å². The summed E-state index contributed by atoms with van der Waals surface area (Å²) in [4.78, 5) is 11.2. The van der Waals surface area contributed by atoms with Crippen LogP contribution in [0.4, 0.5) is 0 Å². The molecule has 0 spiro atoms. The molecule has 2 fully saturated rings. The maximum Gasteiger partial charge on any atom is 0.145 e. The Morgan fingerprint density at radius 2 is 2.00 bits per heavy atom. The van der Waals surface area contributed by atoms with Crippen LogP contribution in [0.25, 0.3) is 0 Å². The molecule has 3 aliphatic carbocycles. The van der Waals surface area contributed by atoms with Gasteiger partial charge in [0.05, 0.1) is 6.10 Å². The molecule has 3 aliphatic rings. The van der Waals surface area contributed by atoms with Crippen molar-refractivity contribution in [2.45, 2.75) is 71.8 Å². The van der Waals surface area contributed by atoms with Gasteiger partial charge in [-0.05, 0) is 66.3 Å². The molecule has 0 aliphatic heterocycles. The minimum Gasteiger partial charge on any atom is -0.392 e. The number of aldehydes is 1. The van der Waals surface area contributed by atoms with Gasteiger partial charge in [-0.25, -0.2) is 0 Å². The summed E-state index contributed by atoms with van der Waals surface area (Å²) >= 11 is 0. The predicted molar refractivity (Wildman–Crippen MR) is 84.8 cm³/mol. The molecule has 0 aromatic rings. The Kier molecular flexibility index (Phi) is 3.80. The summed E-state index contributed by atoms with van der Waals surface area (Å²) in [7, 11) is 0. The highest BCUT2D eigenvalue weighted by Gasteiger charge is 2.55. The van der Waals surface area contributed by atoms with Crippen LogP contribution in [0.5, 0.6) is 0 Å². The molecular formula is C19H30O2. The molecule has 0 aromatic carbocycles. The topological polar surface area (TPSA) is 37.3 Å². The van der Waals surface area contributed by atoms with Crippen LogP contribution in [-0.2, 0) is 4.79 Å². The molecule has 0 aromatic heterocycles. The second-order valence-corrected chi connectivity index (χ2v) is 8.65. The van der Waals surface area contributed by atoms with Crippen LogP contribution in [-0.4, -0.2) is 17.5 Å². The van der Waals surface area contributed by atoms with Crippen molar-refractivity contribution in [2.75, 3.05) is 0 Å². The maximum atomic E-state index is 11.2. The summed E-state index contributed by atoms with van der Waals surface area (Å²) in [6.07, 6.45) is 10.6. The Morgan fingerprint density at radius 3 is 2.71 bits per heavy atom. The first-order valence-electron chi connectivity index (χ1n) is 8.71. The van der Waals surface area contributed by atoms with Crippen LogP contribution >= 0.6 is 0 Å². The Labute approximate surface area is 129 Å². The maximum absolute atomic E-state index is 11.2. The van der Waals surface area contributed by atoms with Crippen LogP contribution < -0.4 is 0 Å². The zero-order valence-corrected chi connectivity index (χ0v) is 13.8. The van der Waals surface area contributed by atoms with Crippen molar-refractivity contribution in [3.63, 3.8) is 0 Å². The highest BCUT2D eigenvalue weighted by molar-refractivity contribution is 5.73. The number of rotatable bonds is 1. The number of allylic oxidation sites excluding steroid dienone is 1. The normalized spacial score (nSPS) is 45.8. The summed E-state index contributed by atoms with van der Waals surface area (Å²) < 4.78 is 0. The molecule has 2 nitrogen and oxygen atoms in total. The largest absolute Gasteiger partial charge is 0.392 e. The first-order chi connectivity index (χ1) is 9.88. The van der Waals surface area contributed by atoms with E-state index in [0.717, 1.165) is 30.6 Å². The Bertz CT molecular complexity index is 450. The summed E-state index contributed by atoms with van der Waals surface area (Å²) in [6.45, 7) is 7.35. The van der Waals surface area contributed by atoms with Gasteiger partial charge in [-0.1, -0.05) is 33.3 Å². The fraction of sp³-hybridized carbons (Fsp3) is 0.842. The third kappa shape index (κ3) is 2.40. The van der Waals surface area contributed by atoms with Crippen LogP contribution in [0.1, 0.15) is 65.7 Å². The second kappa shape index (κ2) is 5.22. The molecule has 0 radical (unpaired) electrons. The van der Waals surface area contributed by atoms with Crippen molar-refractivity contribution in [3.8, 4) is 0 Å². The van der Waals surface area contributed by atoms with Crippen molar-refractivity contribution in [1.82, 2.24) is 0 Å². The van der Waals surface area contributed by atoms with E-state index in [0.29, 0.717) is 29.1 Å². The fourth-order valence-corrected chi connectivity index (χ4v) is 6.13. The van der Waals surface area contributed by atoms with Crippen molar-refractivity contribution in [2.24, 2.45) is 28.6 Å². The summed E-state index contributed by atoms with van der Waals surface area (Å²) in [5, 5.41) is 10.6. The van der Waals surface area contributed by atoms with Gasteiger partial charge in [0.25, 0.3) is 0 Å². The second-order valence-electron chi connectivity index (χ2n) is 8.65. The number of carbonyl (C=O) groups excluding carboxylic acids is 1. The Hall–Kier alpha value is -0.630. The van der Waals surface area contributed by atoms with Crippen molar-refractivity contribution in [3.05, 3.63) is 11.6 Å². The molecule has 1 N–H and O–H groups in total. The zero-order valence-electron chi connectivity index (χ0n) is 13.8. The lowest BCUT2D eigenvalue weighted by molar-refractivity contribution is -0.118. The highest BCUT2D eigenvalue weighted by Crippen LogP contribution is 2.62. The monoisotopic (exact) mass is 290 g/mol. The quantitative estimate of drug-likeness (QED) is 0.737. The fourth-order valence-electron chi connectivity index (χ4n) is 6.13. The van der Waals surface area contributed by atoms with E-state index in [2.05, 4.69) is 26.8 Å². The number of hydrogen-bond acceptors (Lipinski definition) is 2. The lowest BCUT2D eigenvalue weighted by Gasteiger charge is -2.59. The van der Waals surface area contributed by atoms with Crippen molar-refractivity contribution in [1.29, 1.82) is 0 Å². The molecule has 0 heterocycles. The van der Waals surface area contributed by atoms with Crippen LogP contribution in [0.3, 0.4) is 0 Å². The molecule has 0 amide bonds. The van der Waals surface area contributed by atoms with Crippen LogP contribution in [0.15, 0.2) is 11.6 Å². The van der Waals surface area contributed by atoms with Gasteiger partial charge in [0.1, 0.15) is 6.29 Å². The molecule has 21 heavy (non-hydrogen) atoms. The lowest BCUT2D eigenvalue weighted by atomic mass is 9.45. The molecule has 3 rings (SSSR count). The number of aliphatic hydroxyl groups is 1. The van der Waals surface area contributed by atoms with E-state index >= 15 is 0 Å². The molecule has 5 atom stereocenters. The van der Waals surface area contributed by atoms with E-state index in [1.165, 1.54) is 25.7 Å². The predicted octanol–water partition coefficient (Wildman–Crippen LogP) is 4.13. The summed E-state index contributed by atoms with van der Waals surface area (Å²) in [5.74, 6) is 1.69. The SMILES string of the molecule is CC1(C)CCC[C@]2(C)C3CC=C(C=O)C[C@H](O)C3CCC12. The van der Waals surface area contributed by atoms with E-state index < -0.39 is 0 Å². The lowest BCUT2D eigenvalue weighted by Crippen LogP contribution is -2.53. The zero-order chi connectivity index (χ0) is 15.3. The standard InChI is InChI=1S/C19H30O2/c1-18(2)9-4-10-19(3)15-7-5-13(12-20)11-16(21)14(15)6-8-17(18)19/h5,12,14-17,21H,4,6-11H2,1-3H3/t14?,15?,16-,17?,19+/m0/s1. The van der Waals surface area contributed by atoms with Gasteiger partial charge in [-0.2, -0.15) is 0 Å². The van der Waals surface area contributed by atoms with Gasteiger partial charge in [0.2, 0.25) is 0 Å². The third-order valence-electron chi connectivity index (χ3n) is 7.15. The van der Waals surface area contributed by atoms with Crippen LogP contribution in [0.2, 0.25) is 0 Å². The van der Waals surface area contributed by atoms with E-state index in [1.807, 2.05) is 0 Å². The van der Waals surface area contributed by atoms with Gasteiger partial charge >= 0.3 is 0 Å². The Morgan fingerprint density at radius 1 is 1.24 bits per heavy atom. The van der Waals surface area contributed by atoms with Gasteiger partial charge in [0, 0.05) is 6.42 Å². The minimum atomic E-state index is -0.322. The Balaban J connectivity index is 1.95. The van der Waals surface area contributed by atoms with Gasteiger partial charge in [-0.15, -0.1) is 0 Å².